The maximum absolute atomic E-state index is 10.9. The predicted octanol–water partition coefficient (Wildman–Crippen LogP) is 2.68. The van der Waals surface area contributed by atoms with Gasteiger partial charge in [0.25, 0.3) is 0 Å². The van der Waals surface area contributed by atoms with Gasteiger partial charge in [-0.05, 0) is 18.6 Å². The molecule has 2 rings (SSSR count). The van der Waals surface area contributed by atoms with Gasteiger partial charge in [-0.25, -0.2) is 0 Å². The summed E-state index contributed by atoms with van der Waals surface area (Å²) in [6, 6.07) is 7.88. The number of benzene rings is 1. The van der Waals surface area contributed by atoms with Crippen molar-refractivity contribution in [2.45, 2.75) is 26.3 Å². The van der Waals surface area contributed by atoms with Crippen molar-refractivity contribution in [2.24, 2.45) is 0 Å². The maximum Gasteiger partial charge on any atom is 0.307 e. The Hall–Kier alpha value is -2.21. The van der Waals surface area contributed by atoms with Gasteiger partial charge in [-0.3, -0.25) is 4.79 Å². The summed E-state index contributed by atoms with van der Waals surface area (Å²) in [5.41, 5.74) is 1.94. The second-order valence-electron chi connectivity index (χ2n) is 4.11. The quantitative estimate of drug-likeness (QED) is 0.836. The van der Waals surface area contributed by atoms with Crippen LogP contribution in [0.4, 0.5) is 0 Å². The molecule has 3 nitrogen and oxygen atoms in total. The van der Waals surface area contributed by atoms with Crippen LogP contribution in [0.1, 0.15) is 18.9 Å². The van der Waals surface area contributed by atoms with Crippen LogP contribution in [0.2, 0.25) is 0 Å². The maximum atomic E-state index is 10.9. The fourth-order valence-corrected chi connectivity index (χ4v) is 2.11. The first-order valence-electron chi connectivity index (χ1n) is 5.90. The van der Waals surface area contributed by atoms with Crippen molar-refractivity contribution < 1.29 is 9.90 Å². The largest absolute Gasteiger partial charge is 0.481 e. The fourth-order valence-electron chi connectivity index (χ4n) is 2.11. The Labute approximate surface area is 106 Å². The number of hydrogen-bond donors (Lipinski definition) is 1. The first kappa shape index (κ1) is 12.3. The Morgan fingerprint density at radius 3 is 2.89 bits per heavy atom. The van der Waals surface area contributed by atoms with E-state index in [0.717, 1.165) is 29.4 Å². The van der Waals surface area contributed by atoms with Crippen LogP contribution >= 0.6 is 0 Å². The van der Waals surface area contributed by atoms with E-state index >= 15 is 0 Å². The zero-order valence-corrected chi connectivity index (χ0v) is 10.3. The van der Waals surface area contributed by atoms with Crippen LogP contribution in [-0.2, 0) is 17.8 Å². The summed E-state index contributed by atoms with van der Waals surface area (Å²) < 4.78 is 2.08. The molecule has 18 heavy (non-hydrogen) atoms. The summed E-state index contributed by atoms with van der Waals surface area (Å²) in [6.07, 6.45) is 2.77. The molecule has 0 atom stereocenters. The van der Waals surface area contributed by atoms with Crippen LogP contribution in [0.25, 0.3) is 10.9 Å². The number of fused-ring (bicyclic) bond motifs is 1. The Morgan fingerprint density at radius 1 is 1.39 bits per heavy atom. The zero-order valence-electron chi connectivity index (χ0n) is 10.3. The van der Waals surface area contributed by atoms with E-state index in [1.807, 2.05) is 37.4 Å². The molecule has 0 amide bonds. The molecule has 0 aliphatic carbocycles. The monoisotopic (exact) mass is 241 g/mol. The van der Waals surface area contributed by atoms with Gasteiger partial charge in [0.05, 0.1) is 6.42 Å². The molecule has 0 spiro atoms. The third-order valence-corrected chi connectivity index (χ3v) is 2.87. The van der Waals surface area contributed by atoms with Gasteiger partial charge >= 0.3 is 5.97 Å². The van der Waals surface area contributed by atoms with Gasteiger partial charge in [0.2, 0.25) is 0 Å². The number of aliphatic carboxylic acids is 1. The molecule has 0 aliphatic heterocycles. The summed E-state index contributed by atoms with van der Waals surface area (Å²) in [7, 11) is 0. The molecular weight excluding hydrogens is 226 g/mol. The van der Waals surface area contributed by atoms with Crippen LogP contribution in [0.3, 0.4) is 0 Å². The van der Waals surface area contributed by atoms with Gasteiger partial charge in [0.1, 0.15) is 0 Å². The Bertz CT molecular complexity index is 629. The lowest BCUT2D eigenvalue weighted by molar-refractivity contribution is -0.136. The van der Waals surface area contributed by atoms with Gasteiger partial charge < -0.3 is 9.67 Å². The lowest BCUT2D eigenvalue weighted by atomic mass is 10.1. The van der Waals surface area contributed by atoms with E-state index in [-0.39, 0.29) is 6.42 Å². The first-order chi connectivity index (χ1) is 8.72. The molecule has 92 valence electrons. The number of rotatable bonds is 4. The molecule has 1 aromatic carbocycles. The fraction of sp³-hybridized carbons (Fsp3) is 0.267. The van der Waals surface area contributed by atoms with Crippen LogP contribution < -0.4 is 0 Å². The van der Waals surface area contributed by atoms with Gasteiger partial charge in [0.15, 0.2) is 0 Å². The highest BCUT2D eigenvalue weighted by Gasteiger charge is 2.10. The topological polar surface area (TPSA) is 42.2 Å². The standard InChI is InChI=1S/C15H15NO2/c1-2-3-6-9-16-11-12(10-15(17)18)13-7-4-5-8-14(13)16/h4-5,7-8,11H,6,9-10H2,1H3,(H,17,18). The van der Waals surface area contributed by atoms with E-state index in [0.29, 0.717) is 0 Å². The molecule has 0 radical (unpaired) electrons. The van der Waals surface area contributed by atoms with E-state index in [1.165, 1.54) is 0 Å². The molecule has 0 unspecified atom stereocenters. The number of carboxylic acids is 1. The average molecular weight is 241 g/mol. The number of aryl methyl sites for hydroxylation is 1. The van der Waals surface area contributed by atoms with Crippen LogP contribution in [-0.4, -0.2) is 15.6 Å². The highest BCUT2D eigenvalue weighted by atomic mass is 16.4. The molecular formula is C15H15NO2. The van der Waals surface area contributed by atoms with E-state index in [1.54, 1.807) is 0 Å². The predicted molar refractivity (Wildman–Crippen MR) is 71.3 cm³/mol. The molecule has 0 saturated carbocycles. The van der Waals surface area contributed by atoms with E-state index in [2.05, 4.69) is 16.4 Å². The van der Waals surface area contributed by atoms with E-state index < -0.39 is 5.97 Å². The SMILES string of the molecule is CC#CCCn1cc(CC(=O)O)c2ccccc21. The minimum absolute atomic E-state index is 0.0625. The smallest absolute Gasteiger partial charge is 0.307 e. The summed E-state index contributed by atoms with van der Waals surface area (Å²) in [6.45, 7) is 2.62. The molecule has 2 aromatic rings. The summed E-state index contributed by atoms with van der Waals surface area (Å²) in [5.74, 6) is 5.09. The summed E-state index contributed by atoms with van der Waals surface area (Å²) in [5, 5.41) is 9.94. The van der Waals surface area contributed by atoms with Crippen molar-refractivity contribution in [3.63, 3.8) is 0 Å². The van der Waals surface area contributed by atoms with Crippen molar-refractivity contribution in [2.75, 3.05) is 0 Å². The number of carboxylic acid groups (broad SMARTS) is 1. The number of aromatic nitrogens is 1. The third-order valence-electron chi connectivity index (χ3n) is 2.87. The minimum Gasteiger partial charge on any atom is -0.481 e. The Balaban J connectivity index is 2.39. The van der Waals surface area contributed by atoms with Gasteiger partial charge in [0, 0.05) is 30.1 Å². The molecule has 0 bridgehead atoms. The van der Waals surface area contributed by atoms with E-state index in [9.17, 15) is 4.79 Å². The summed E-state index contributed by atoms with van der Waals surface area (Å²) in [4.78, 5) is 10.9. The molecule has 0 saturated heterocycles. The lowest BCUT2D eigenvalue weighted by Crippen LogP contribution is -1.99. The molecule has 1 N–H and O–H groups in total. The van der Waals surface area contributed by atoms with Crippen LogP contribution in [0.15, 0.2) is 30.5 Å². The highest BCUT2D eigenvalue weighted by Crippen LogP contribution is 2.22. The van der Waals surface area contributed by atoms with Crippen molar-refractivity contribution in [3.8, 4) is 11.8 Å². The number of hydrogen-bond acceptors (Lipinski definition) is 1. The van der Waals surface area contributed by atoms with Crippen LogP contribution in [0, 0.1) is 11.8 Å². The molecule has 0 aliphatic rings. The van der Waals surface area contributed by atoms with Crippen molar-refractivity contribution in [1.82, 2.24) is 4.57 Å². The number of para-hydroxylation sites is 1. The first-order valence-corrected chi connectivity index (χ1v) is 5.90. The molecule has 1 aromatic heterocycles. The Kier molecular flexibility index (Phi) is 3.69. The second kappa shape index (κ2) is 5.42. The second-order valence-corrected chi connectivity index (χ2v) is 4.11. The van der Waals surface area contributed by atoms with Crippen molar-refractivity contribution in [1.29, 1.82) is 0 Å². The van der Waals surface area contributed by atoms with Crippen LogP contribution in [0.5, 0.6) is 0 Å². The lowest BCUT2D eigenvalue weighted by Gasteiger charge is -2.01. The van der Waals surface area contributed by atoms with Crippen molar-refractivity contribution in [3.05, 3.63) is 36.0 Å². The number of carbonyl (C=O) groups is 1. The normalized spacial score (nSPS) is 10.1. The Morgan fingerprint density at radius 2 is 2.17 bits per heavy atom. The zero-order chi connectivity index (χ0) is 13.0. The molecule has 1 heterocycles. The average Bonchev–Trinajstić information content (AvgIpc) is 2.68. The molecule has 3 heteroatoms. The van der Waals surface area contributed by atoms with Gasteiger partial charge in [-0.2, -0.15) is 0 Å². The minimum atomic E-state index is -0.800. The highest BCUT2D eigenvalue weighted by molar-refractivity contribution is 5.87. The van der Waals surface area contributed by atoms with E-state index in [4.69, 9.17) is 5.11 Å². The van der Waals surface area contributed by atoms with Gasteiger partial charge in [-0.15, -0.1) is 11.8 Å². The summed E-state index contributed by atoms with van der Waals surface area (Å²) >= 11 is 0. The third kappa shape index (κ3) is 2.54. The molecule has 0 fully saturated rings. The van der Waals surface area contributed by atoms with Gasteiger partial charge in [-0.1, -0.05) is 18.2 Å². The number of nitrogens with zero attached hydrogens (tertiary/aromatic N) is 1. The van der Waals surface area contributed by atoms with Crippen molar-refractivity contribution >= 4 is 16.9 Å².